The van der Waals surface area contributed by atoms with Crippen molar-refractivity contribution in [1.29, 1.82) is 0 Å². The van der Waals surface area contributed by atoms with Gasteiger partial charge < -0.3 is 9.47 Å². The summed E-state index contributed by atoms with van der Waals surface area (Å²) in [5.41, 5.74) is 0.949. The maximum absolute atomic E-state index is 12.2. The minimum Gasteiger partial charge on any atom is -0.496 e. The molecule has 0 saturated heterocycles. The summed E-state index contributed by atoms with van der Waals surface area (Å²) in [7, 11) is 3.06. The number of rotatable bonds is 6. The highest BCUT2D eigenvalue weighted by molar-refractivity contribution is 6.07. The second kappa shape index (κ2) is 7.22. The summed E-state index contributed by atoms with van der Waals surface area (Å²) < 4.78 is 10.5. The van der Waals surface area contributed by atoms with Crippen LogP contribution in [0.15, 0.2) is 48.5 Å². The van der Waals surface area contributed by atoms with Gasteiger partial charge in [-0.2, -0.15) is 0 Å². The SMILES string of the molecule is COc1cccc(OC)c1/C=C/C(=O)c1ccc([N+](=O)[O-])cc1. The summed E-state index contributed by atoms with van der Waals surface area (Å²) in [5, 5.41) is 10.6. The maximum Gasteiger partial charge on any atom is 0.269 e. The third kappa shape index (κ3) is 3.74. The topological polar surface area (TPSA) is 78.7 Å². The standard InChI is InChI=1S/C17H15NO5/c1-22-16-4-3-5-17(23-2)14(16)10-11-15(19)12-6-8-13(9-7-12)18(20)21/h3-11H,1-2H3/b11-10+. The number of benzene rings is 2. The van der Waals surface area contributed by atoms with Crippen molar-refractivity contribution in [2.24, 2.45) is 0 Å². The monoisotopic (exact) mass is 313 g/mol. The zero-order valence-corrected chi connectivity index (χ0v) is 12.7. The molecule has 23 heavy (non-hydrogen) atoms. The molecule has 0 aliphatic carbocycles. The van der Waals surface area contributed by atoms with Crippen LogP contribution in [0.4, 0.5) is 5.69 Å². The Balaban J connectivity index is 2.26. The van der Waals surface area contributed by atoms with E-state index < -0.39 is 4.92 Å². The van der Waals surface area contributed by atoms with E-state index in [1.54, 1.807) is 24.3 Å². The van der Waals surface area contributed by atoms with Crippen molar-refractivity contribution in [3.05, 3.63) is 69.8 Å². The van der Waals surface area contributed by atoms with Gasteiger partial charge in [-0.1, -0.05) is 6.07 Å². The summed E-state index contributed by atoms with van der Waals surface area (Å²) in [6.45, 7) is 0. The first-order chi connectivity index (χ1) is 11.1. The lowest BCUT2D eigenvalue weighted by Gasteiger charge is -2.09. The van der Waals surface area contributed by atoms with Crippen molar-refractivity contribution in [1.82, 2.24) is 0 Å². The lowest BCUT2D eigenvalue weighted by Crippen LogP contribution is -1.96. The Morgan fingerprint density at radius 3 is 2.09 bits per heavy atom. The third-order valence-electron chi connectivity index (χ3n) is 3.23. The van der Waals surface area contributed by atoms with Gasteiger partial charge in [-0.3, -0.25) is 14.9 Å². The first-order valence-electron chi connectivity index (χ1n) is 6.74. The van der Waals surface area contributed by atoms with Crippen LogP contribution in [-0.4, -0.2) is 24.9 Å². The zero-order chi connectivity index (χ0) is 16.8. The number of carbonyl (C=O) groups excluding carboxylic acids is 1. The normalized spacial score (nSPS) is 10.5. The lowest BCUT2D eigenvalue weighted by atomic mass is 10.1. The van der Waals surface area contributed by atoms with Crippen LogP contribution < -0.4 is 9.47 Å². The van der Waals surface area contributed by atoms with E-state index >= 15 is 0 Å². The van der Waals surface area contributed by atoms with Gasteiger partial charge in [0.25, 0.3) is 5.69 Å². The Morgan fingerprint density at radius 1 is 1.04 bits per heavy atom. The van der Waals surface area contributed by atoms with E-state index in [4.69, 9.17) is 9.47 Å². The number of nitrogens with zero attached hydrogens (tertiary/aromatic N) is 1. The molecule has 0 heterocycles. The Morgan fingerprint density at radius 2 is 1.61 bits per heavy atom. The Bertz CT molecular complexity index is 728. The van der Waals surface area contributed by atoms with Gasteiger partial charge >= 0.3 is 0 Å². The second-order valence-electron chi connectivity index (χ2n) is 4.58. The van der Waals surface area contributed by atoms with Gasteiger partial charge in [0.1, 0.15) is 11.5 Å². The molecule has 0 N–H and O–H groups in total. The number of ketones is 1. The van der Waals surface area contributed by atoms with Crippen LogP contribution in [0.25, 0.3) is 6.08 Å². The number of nitro groups is 1. The fourth-order valence-corrected chi connectivity index (χ4v) is 2.05. The van der Waals surface area contributed by atoms with E-state index in [1.165, 1.54) is 44.6 Å². The van der Waals surface area contributed by atoms with Crippen LogP contribution in [0.5, 0.6) is 11.5 Å². The first kappa shape index (κ1) is 16.2. The average Bonchev–Trinajstić information content (AvgIpc) is 2.59. The van der Waals surface area contributed by atoms with Gasteiger partial charge in [-0.25, -0.2) is 0 Å². The largest absolute Gasteiger partial charge is 0.496 e. The summed E-state index contributed by atoms with van der Waals surface area (Å²) in [4.78, 5) is 22.3. The zero-order valence-electron chi connectivity index (χ0n) is 12.7. The number of non-ortho nitro benzene ring substituents is 1. The smallest absolute Gasteiger partial charge is 0.269 e. The van der Waals surface area contributed by atoms with Gasteiger partial charge in [0, 0.05) is 17.7 Å². The molecule has 0 radical (unpaired) electrons. The molecule has 0 spiro atoms. The van der Waals surface area contributed by atoms with E-state index in [0.29, 0.717) is 22.6 Å². The quantitative estimate of drug-likeness (QED) is 0.353. The minimum atomic E-state index is -0.510. The molecule has 0 unspecified atom stereocenters. The Labute approximate surface area is 133 Å². The number of allylic oxidation sites excluding steroid dienone is 1. The van der Waals surface area contributed by atoms with Gasteiger partial charge in [-0.05, 0) is 36.4 Å². The van der Waals surface area contributed by atoms with E-state index in [2.05, 4.69) is 0 Å². The van der Waals surface area contributed by atoms with E-state index in [-0.39, 0.29) is 11.5 Å². The molecule has 0 atom stereocenters. The summed E-state index contributed by atoms with van der Waals surface area (Å²) >= 11 is 0. The predicted octanol–water partition coefficient (Wildman–Crippen LogP) is 3.51. The van der Waals surface area contributed by atoms with Crippen molar-refractivity contribution < 1.29 is 19.2 Å². The highest BCUT2D eigenvalue weighted by Gasteiger charge is 2.09. The maximum atomic E-state index is 12.2. The molecule has 0 aliphatic heterocycles. The fourth-order valence-electron chi connectivity index (χ4n) is 2.05. The molecule has 118 valence electrons. The summed E-state index contributed by atoms with van der Waals surface area (Å²) in [6, 6.07) is 10.7. The predicted molar refractivity (Wildman–Crippen MR) is 86.0 cm³/mol. The molecular formula is C17H15NO5. The molecule has 2 rings (SSSR count). The highest BCUT2D eigenvalue weighted by atomic mass is 16.6. The molecule has 0 bridgehead atoms. The van der Waals surface area contributed by atoms with Crippen molar-refractivity contribution in [2.45, 2.75) is 0 Å². The van der Waals surface area contributed by atoms with Crippen LogP contribution in [0.3, 0.4) is 0 Å². The van der Waals surface area contributed by atoms with E-state index in [1.807, 2.05) is 0 Å². The number of ether oxygens (including phenoxy) is 2. The van der Waals surface area contributed by atoms with Crippen molar-refractivity contribution in [2.75, 3.05) is 14.2 Å². The van der Waals surface area contributed by atoms with Crippen molar-refractivity contribution >= 4 is 17.5 Å². The molecule has 0 aromatic heterocycles. The Hall–Kier alpha value is -3.15. The molecule has 6 nitrogen and oxygen atoms in total. The first-order valence-corrected chi connectivity index (χ1v) is 6.74. The molecule has 0 aliphatic rings. The number of nitro benzene ring substituents is 1. The molecule has 0 saturated carbocycles. The van der Waals surface area contributed by atoms with Crippen LogP contribution >= 0.6 is 0 Å². The molecular weight excluding hydrogens is 298 g/mol. The van der Waals surface area contributed by atoms with Gasteiger partial charge in [0.2, 0.25) is 0 Å². The molecule has 0 amide bonds. The average molecular weight is 313 g/mol. The van der Waals surface area contributed by atoms with Crippen LogP contribution in [0.2, 0.25) is 0 Å². The number of methoxy groups -OCH3 is 2. The van der Waals surface area contributed by atoms with Gasteiger partial charge in [0.15, 0.2) is 5.78 Å². The second-order valence-corrected chi connectivity index (χ2v) is 4.58. The van der Waals surface area contributed by atoms with Crippen LogP contribution in [-0.2, 0) is 0 Å². The third-order valence-corrected chi connectivity index (χ3v) is 3.23. The van der Waals surface area contributed by atoms with Crippen LogP contribution in [0, 0.1) is 10.1 Å². The molecule has 2 aromatic rings. The lowest BCUT2D eigenvalue weighted by molar-refractivity contribution is -0.384. The van der Waals surface area contributed by atoms with E-state index in [9.17, 15) is 14.9 Å². The molecule has 6 heteroatoms. The number of carbonyl (C=O) groups is 1. The highest BCUT2D eigenvalue weighted by Crippen LogP contribution is 2.29. The molecule has 0 fully saturated rings. The minimum absolute atomic E-state index is 0.0584. The van der Waals surface area contributed by atoms with Gasteiger partial charge in [-0.15, -0.1) is 0 Å². The number of hydrogen-bond donors (Lipinski definition) is 0. The molecule has 2 aromatic carbocycles. The van der Waals surface area contributed by atoms with Gasteiger partial charge in [0.05, 0.1) is 24.7 Å². The Kier molecular flexibility index (Phi) is 5.09. The van der Waals surface area contributed by atoms with Crippen LogP contribution in [0.1, 0.15) is 15.9 Å². The fraction of sp³-hybridized carbons (Fsp3) is 0.118. The summed E-state index contributed by atoms with van der Waals surface area (Å²) in [5.74, 6) is 0.891. The summed E-state index contributed by atoms with van der Waals surface area (Å²) in [6.07, 6.45) is 2.98. The number of hydrogen-bond acceptors (Lipinski definition) is 5. The van der Waals surface area contributed by atoms with Crippen molar-refractivity contribution in [3.8, 4) is 11.5 Å². The van der Waals surface area contributed by atoms with Crippen molar-refractivity contribution in [3.63, 3.8) is 0 Å². The van der Waals surface area contributed by atoms with E-state index in [0.717, 1.165) is 0 Å².